The van der Waals surface area contributed by atoms with E-state index in [-0.39, 0.29) is 24.5 Å². The largest absolute Gasteiger partial charge is 0.481 e. The number of rotatable bonds is 3. The summed E-state index contributed by atoms with van der Waals surface area (Å²) < 4.78 is 0. The quantitative estimate of drug-likeness (QED) is 0.794. The van der Waals surface area contributed by atoms with Crippen LogP contribution in [0.3, 0.4) is 0 Å². The van der Waals surface area contributed by atoms with E-state index >= 15 is 0 Å². The number of piperidine rings is 1. The maximum Gasteiger partial charge on any atom is 0.318 e. The Balaban J connectivity index is 1.79. The van der Waals surface area contributed by atoms with Gasteiger partial charge in [-0.3, -0.25) is 9.59 Å². The van der Waals surface area contributed by atoms with Crippen LogP contribution >= 0.6 is 0 Å². The Bertz CT molecular complexity index is 420. The van der Waals surface area contributed by atoms with Gasteiger partial charge in [-0.1, -0.05) is 0 Å². The van der Waals surface area contributed by atoms with Crippen LogP contribution in [0.5, 0.6) is 0 Å². The van der Waals surface area contributed by atoms with Crippen molar-refractivity contribution in [3.63, 3.8) is 0 Å². The summed E-state index contributed by atoms with van der Waals surface area (Å²) >= 11 is 0. The molecule has 0 spiro atoms. The third-order valence-corrected chi connectivity index (χ3v) is 4.43. The average Bonchev–Trinajstić information content (AvgIpc) is 2.87. The summed E-state index contributed by atoms with van der Waals surface area (Å²) in [7, 11) is 0. The van der Waals surface area contributed by atoms with Gasteiger partial charge in [0.2, 0.25) is 5.91 Å². The maximum atomic E-state index is 12.1. The molecule has 21 heavy (non-hydrogen) atoms. The summed E-state index contributed by atoms with van der Waals surface area (Å²) in [4.78, 5) is 38.3. The van der Waals surface area contributed by atoms with Crippen molar-refractivity contribution in [1.29, 1.82) is 0 Å². The molecule has 2 rings (SSSR count). The molecule has 0 aliphatic carbocycles. The minimum absolute atomic E-state index is 0.0141. The number of nitrogens with one attached hydrogen (secondary N) is 1. The van der Waals surface area contributed by atoms with Crippen LogP contribution in [-0.4, -0.2) is 65.0 Å². The van der Waals surface area contributed by atoms with Gasteiger partial charge in [-0.15, -0.1) is 0 Å². The number of likely N-dealkylation sites (tertiary alicyclic amines) is 2. The standard InChI is InChI=1S/C14H23N3O4/c1-10-11(13(19)20)5-8-17(10)14(21)15-9-12(18)16-6-3-2-4-7-16/h10-11H,2-9H2,1H3,(H,15,21)(H,19,20). The number of nitrogens with zero attached hydrogens (tertiary/aromatic N) is 2. The zero-order chi connectivity index (χ0) is 15.4. The SMILES string of the molecule is CC1C(C(=O)O)CCN1C(=O)NCC(=O)N1CCCCC1. The van der Waals surface area contributed by atoms with E-state index in [1.54, 1.807) is 11.8 Å². The predicted octanol–water partition coefficient (Wildman–Crippen LogP) is 0.504. The zero-order valence-corrected chi connectivity index (χ0v) is 12.4. The number of hydrogen-bond acceptors (Lipinski definition) is 3. The van der Waals surface area contributed by atoms with Gasteiger partial charge in [0, 0.05) is 25.7 Å². The summed E-state index contributed by atoms with van der Waals surface area (Å²) in [5, 5.41) is 11.7. The second-order valence-corrected chi connectivity index (χ2v) is 5.77. The molecule has 2 saturated heterocycles. The van der Waals surface area contributed by atoms with Gasteiger partial charge in [-0.2, -0.15) is 0 Å². The van der Waals surface area contributed by atoms with Gasteiger partial charge >= 0.3 is 12.0 Å². The monoisotopic (exact) mass is 297 g/mol. The van der Waals surface area contributed by atoms with Crippen LogP contribution in [0.1, 0.15) is 32.6 Å². The van der Waals surface area contributed by atoms with Crippen LogP contribution in [0.4, 0.5) is 4.79 Å². The Hall–Kier alpha value is -1.79. The van der Waals surface area contributed by atoms with Crippen LogP contribution < -0.4 is 5.32 Å². The van der Waals surface area contributed by atoms with Crippen molar-refractivity contribution in [2.45, 2.75) is 38.6 Å². The molecule has 0 radical (unpaired) electrons. The van der Waals surface area contributed by atoms with Crippen molar-refractivity contribution in [3.05, 3.63) is 0 Å². The highest BCUT2D eigenvalue weighted by Crippen LogP contribution is 2.24. The molecule has 118 valence electrons. The maximum absolute atomic E-state index is 12.1. The van der Waals surface area contributed by atoms with Crippen molar-refractivity contribution in [3.8, 4) is 0 Å². The van der Waals surface area contributed by atoms with Gasteiger partial charge in [0.1, 0.15) is 0 Å². The van der Waals surface area contributed by atoms with Crippen molar-refractivity contribution < 1.29 is 19.5 Å². The number of carbonyl (C=O) groups excluding carboxylic acids is 2. The summed E-state index contributed by atoms with van der Waals surface area (Å²) in [5.41, 5.74) is 0. The average molecular weight is 297 g/mol. The molecule has 2 heterocycles. The Morgan fingerprint density at radius 1 is 1.14 bits per heavy atom. The van der Waals surface area contributed by atoms with Crippen molar-refractivity contribution in [1.82, 2.24) is 15.1 Å². The molecule has 0 bridgehead atoms. The van der Waals surface area contributed by atoms with E-state index in [9.17, 15) is 14.4 Å². The highest BCUT2D eigenvalue weighted by atomic mass is 16.4. The Kier molecular flexibility index (Phi) is 5.03. The van der Waals surface area contributed by atoms with Crippen LogP contribution in [-0.2, 0) is 9.59 Å². The molecule has 3 amide bonds. The van der Waals surface area contributed by atoms with Crippen molar-refractivity contribution in [2.24, 2.45) is 5.92 Å². The smallest absolute Gasteiger partial charge is 0.318 e. The molecule has 7 nitrogen and oxygen atoms in total. The Morgan fingerprint density at radius 3 is 2.38 bits per heavy atom. The fourth-order valence-corrected chi connectivity index (χ4v) is 3.06. The van der Waals surface area contributed by atoms with Gasteiger partial charge in [-0.05, 0) is 32.6 Å². The number of hydrogen-bond donors (Lipinski definition) is 2. The van der Waals surface area contributed by atoms with Crippen LogP contribution in [0.2, 0.25) is 0 Å². The predicted molar refractivity (Wildman–Crippen MR) is 75.7 cm³/mol. The lowest BCUT2D eigenvalue weighted by molar-refractivity contribution is -0.142. The van der Waals surface area contributed by atoms with Gasteiger partial charge < -0.3 is 20.2 Å². The minimum Gasteiger partial charge on any atom is -0.481 e. The van der Waals surface area contributed by atoms with Gasteiger partial charge in [-0.25, -0.2) is 4.79 Å². The lowest BCUT2D eigenvalue weighted by Crippen LogP contribution is -2.48. The van der Waals surface area contributed by atoms with Gasteiger partial charge in [0.05, 0.1) is 12.5 Å². The van der Waals surface area contributed by atoms with E-state index in [1.165, 1.54) is 4.90 Å². The lowest BCUT2D eigenvalue weighted by Gasteiger charge is -2.28. The molecule has 2 fully saturated rings. The molecular formula is C14H23N3O4. The first-order valence-corrected chi connectivity index (χ1v) is 7.55. The van der Waals surface area contributed by atoms with Crippen LogP contribution in [0.15, 0.2) is 0 Å². The molecule has 2 N–H and O–H groups in total. The summed E-state index contributed by atoms with van der Waals surface area (Å²) in [5.74, 6) is -1.46. The van der Waals surface area contributed by atoms with E-state index in [2.05, 4.69) is 5.32 Å². The summed E-state index contributed by atoms with van der Waals surface area (Å²) in [6.45, 7) is 3.66. The number of carboxylic acids is 1. The third-order valence-electron chi connectivity index (χ3n) is 4.43. The molecule has 0 aromatic carbocycles. The minimum atomic E-state index is -0.873. The van der Waals surface area contributed by atoms with Crippen LogP contribution in [0, 0.1) is 5.92 Å². The van der Waals surface area contributed by atoms with E-state index in [4.69, 9.17) is 5.11 Å². The Morgan fingerprint density at radius 2 is 1.81 bits per heavy atom. The molecule has 2 atom stereocenters. The fraction of sp³-hybridized carbons (Fsp3) is 0.786. The summed E-state index contributed by atoms with van der Waals surface area (Å²) in [6, 6.07) is -0.691. The number of amides is 3. The third kappa shape index (κ3) is 3.65. The molecular weight excluding hydrogens is 274 g/mol. The molecule has 0 saturated carbocycles. The molecule has 0 aromatic heterocycles. The molecule has 0 aromatic rings. The topological polar surface area (TPSA) is 90.0 Å². The summed E-state index contributed by atoms with van der Waals surface area (Å²) in [6.07, 6.45) is 3.65. The van der Waals surface area contributed by atoms with Crippen molar-refractivity contribution >= 4 is 17.9 Å². The second kappa shape index (κ2) is 6.78. The Labute approximate surface area is 124 Å². The first-order chi connectivity index (χ1) is 10.0. The van der Waals surface area contributed by atoms with Crippen LogP contribution in [0.25, 0.3) is 0 Å². The number of aliphatic carboxylic acids is 1. The number of urea groups is 1. The molecule has 2 aliphatic heterocycles. The highest BCUT2D eigenvalue weighted by Gasteiger charge is 2.38. The molecule has 2 aliphatic rings. The first kappa shape index (κ1) is 15.6. The zero-order valence-electron chi connectivity index (χ0n) is 12.4. The number of carbonyl (C=O) groups is 3. The molecule has 2 unspecified atom stereocenters. The van der Waals surface area contributed by atoms with E-state index in [0.29, 0.717) is 13.0 Å². The molecule has 7 heteroatoms. The van der Waals surface area contributed by atoms with E-state index in [0.717, 1.165) is 32.4 Å². The van der Waals surface area contributed by atoms with E-state index < -0.39 is 11.9 Å². The number of carboxylic acid groups (broad SMARTS) is 1. The van der Waals surface area contributed by atoms with E-state index in [1.807, 2.05) is 0 Å². The van der Waals surface area contributed by atoms with Gasteiger partial charge in [0.25, 0.3) is 0 Å². The fourth-order valence-electron chi connectivity index (χ4n) is 3.06. The first-order valence-electron chi connectivity index (χ1n) is 7.55. The van der Waals surface area contributed by atoms with Crippen molar-refractivity contribution in [2.75, 3.05) is 26.2 Å². The highest BCUT2D eigenvalue weighted by molar-refractivity contribution is 5.85. The lowest BCUT2D eigenvalue weighted by atomic mass is 10.0. The second-order valence-electron chi connectivity index (χ2n) is 5.77. The normalized spacial score (nSPS) is 25.8. The van der Waals surface area contributed by atoms with Gasteiger partial charge in [0.15, 0.2) is 0 Å².